The molecule has 1 saturated carbocycles. The number of phenols is 1. The van der Waals surface area contributed by atoms with Crippen molar-refractivity contribution < 1.29 is 14.7 Å². The van der Waals surface area contributed by atoms with E-state index in [1.54, 1.807) is 24.3 Å². The van der Waals surface area contributed by atoms with Gasteiger partial charge < -0.3 is 15.3 Å². The summed E-state index contributed by atoms with van der Waals surface area (Å²) in [7, 11) is 0. The van der Waals surface area contributed by atoms with Gasteiger partial charge in [-0.05, 0) is 42.5 Å². The molecule has 1 aliphatic carbocycles. The molecular formula is C22H24N2O3. The first kappa shape index (κ1) is 17.6. The molecule has 2 aliphatic rings. The average molecular weight is 364 g/mol. The molecule has 2 fully saturated rings. The molecule has 2 N–H and O–H groups in total. The first-order valence-electron chi connectivity index (χ1n) is 9.36. The molecular weight excluding hydrogens is 340 g/mol. The zero-order valence-electron chi connectivity index (χ0n) is 15.4. The Balaban J connectivity index is 1.29. The number of nitrogens with one attached hydrogen (secondary N) is 1. The van der Waals surface area contributed by atoms with Gasteiger partial charge in [0.2, 0.25) is 11.8 Å². The Hall–Kier alpha value is -2.82. The molecule has 2 aromatic rings. The molecule has 1 heterocycles. The highest BCUT2D eigenvalue weighted by Crippen LogP contribution is 2.58. The third kappa shape index (κ3) is 3.54. The fourth-order valence-corrected chi connectivity index (χ4v) is 4.15. The number of carbonyl (C=O) groups excluding carboxylic acids is 2. The molecule has 2 atom stereocenters. The number of rotatable bonds is 5. The van der Waals surface area contributed by atoms with Gasteiger partial charge in [-0.25, -0.2) is 0 Å². The van der Waals surface area contributed by atoms with Crippen LogP contribution in [0.1, 0.15) is 23.1 Å². The van der Waals surface area contributed by atoms with Crippen molar-refractivity contribution in [3.63, 3.8) is 0 Å². The van der Waals surface area contributed by atoms with Gasteiger partial charge in [0, 0.05) is 18.5 Å². The first-order chi connectivity index (χ1) is 13.0. The zero-order valence-corrected chi connectivity index (χ0v) is 15.4. The van der Waals surface area contributed by atoms with E-state index in [4.69, 9.17) is 0 Å². The summed E-state index contributed by atoms with van der Waals surface area (Å²) in [6, 6.07) is 15.1. The second-order valence-corrected chi connectivity index (χ2v) is 7.82. The van der Waals surface area contributed by atoms with Gasteiger partial charge in [-0.1, -0.05) is 42.0 Å². The fourth-order valence-electron chi connectivity index (χ4n) is 4.15. The van der Waals surface area contributed by atoms with E-state index in [2.05, 4.69) is 36.5 Å². The number of aryl methyl sites for hydroxylation is 1. The molecule has 0 spiro atoms. The fraction of sp³-hybridized carbons (Fsp3) is 0.364. The molecule has 2 unspecified atom stereocenters. The highest BCUT2D eigenvalue weighted by atomic mass is 16.3. The van der Waals surface area contributed by atoms with Crippen molar-refractivity contribution in [2.75, 3.05) is 19.6 Å². The lowest BCUT2D eigenvalue weighted by atomic mass is 9.94. The summed E-state index contributed by atoms with van der Waals surface area (Å²) in [5, 5.41) is 12.0. The highest BCUT2D eigenvalue weighted by molar-refractivity contribution is 5.86. The van der Waals surface area contributed by atoms with Crippen LogP contribution < -0.4 is 5.32 Å². The third-order valence-electron chi connectivity index (χ3n) is 5.86. The van der Waals surface area contributed by atoms with E-state index in [0.717, 1.165) is 25.1 Å². The molecule has 5 nitrogen and oxygen atoms in total. The Bertz CT molecular complexity index is 860. The van der Waals surface area contributed by atoms with Crippen molar-refractivity contribution in [2.24, 2.45) is 5.92 Å². The minimum Gasteiger partial charge on any atom is -0.508 e. The van der Waals surface area contributed by atoms with E-state index in [-0.39, 0.29) is 35.9 Å². The van der Waals surface area contributed by atoms with E-state index in [1.807, 2.05) is 4.90 Å². The van der Waals surface area contributed by atoms with Crippen LogP contribution in [0.5, 0.6) is 5.75 Å². The van der Waals surface area contributed by atoms with E-state index >= 15 is 0 Å². The molecule has 27 heavy (non-hydrogen) atoms. The maximum atomic E-state index is 12.5. The Kier molecular flexibility index (Phi) is 4.38. The first-order valence-corrected chi connectivity index (χ1v) is 9.36. The topological polar surface area (TPSA) is 69.6 Å². The van der Waals surface area contributed by atoms with Crippen molar-refractivity contribution >= 4 is 11.8 Å². The number of aromatic hydroxyl groups is 1. The number of phenolic OH excluding ortho intramolecular Hbond substituents is 1. The summed E-state index contributed by atoms with van der Waals surface area (Å²) in [6.07, 6.45) is 1.34. The van der Waals surface area contributed by atoms with Crippen LogP contribution in [0.15, 0.2) is 48.5 Å². The van der Waals surface area contributed by atoms with Crippen molar-refractivity contribution in [1.29, 1.82) is 0 Å². The molecule has 140 valence electrons. The number of hydrogen-bond donors (Lipinski definition) is 2. The van der Waals surface area contributed by atoms with Gasteiger partial charge in [0.15, 0.2) is 0 Å². The van der Waals surface area contributed by atoms with Gasteiger partial charge in [-0.2, -0.15) is 0 Å². The largest absolute Gasteiger partial charge is 0.508 e. The predicted molar refractivity (Wildman–Crippen MR) is 102 cm³/mol. The minimum absolute atomic E-state index is 0.0206. The normalized spacial score (nSPS) is 23.0. The number of amides is 2. The van der Waals surface area contributed by atoms with E-state index in [0.29, 0.717) is 5.92 Å². The van der Waals surface area contributed by atoms with Crippen LogP contribution in [0.25, 0.3) is 0 Å². The number of hydrogen-bond acceptors (Lipinski definition) is 3. The molecule has 5 heteroatoms. The maximum Gasteiger partial charge on any atom is 0.242 e. The van der Waals surface area contributed by atoms with Crippen LogP contribution in [0.3, 0.4) is 0 Å². The lowest BCUT2D eigenvalue weighted by Crippen LogP contribution is -2.41. The smallest absolute Gasteiger partial charge is 0.242 e. The molecule has 0 bridgehead atoms. The van der Waals surface area contributed by atoms with Crippen molar-refractivity contribution in [1.82, 2.24) is 10.2 Å². The van der Waals surface area contributed by atoms with E-state index in [9.17, 15) is 14.7 Å². The number of nitrogens with zero attached hydrogens (tertiary/aromatic N) is 1. The molecule has 1 saturated heterocycles. The Labute approximate surface area is 159 Å². The van der Waals surface area contributed by atoms with Gasteiger partial charge in [0.1, 0.15) is 5.75 Å². The monoisotopic (exact) mass is 364 g/mol. The molecule has 0 radical (unpaired) electrons. The van der Waals surface area contributed by atoms with Crippen molar-refractivity contribution in [3.05, 3.63) is 65.2 Å². The van der Waals surface area contributed by atoms with Crippen LogP contribution in [0, 0.1) is 12.8 Å². The summed E-state index contributed by atoms with van der Waals surface area (Å²) in [6.45, 7) is 3.64. The molecule has 2 amide bonds. The quantitative estimate of drug-likeness (QED) is 0.854. The van der Waals surface area contributed by atoms with Gasteiger partial charge in [-0.15, -0.1) is 0 Å². The summed E-state index contributed by atoms with van der Waals surface area (Å²) < 4.78 is 0. The average Bonchev–Trinajstić information content (AvgIpc) is 3.23. The van der Waals surface area contributed by atoms with Gasteiger partial charge in [0.05, 0.1) is 13.0 Å². The Morgan fingerprint density at radius 2 is 1.85 bits per heavy atom. The van der Waals surface area contributed by atoms with E-state index < -0.39 is 0 Å². The SMILES string of the molecule is Cc1ccc(C23CC2CN(C(=O)CNC(=O)Cc2ccc(O)cc2)C3)cc1. The second kappa shape index (κ2) is 6.72. The minimum atomic E-state index is -0.188. The molecule has 2 aromatic carbocycles. The molecule has 0 aromatic heterocycles. The third-order valence-corrected chi connectivity index (χ3v) is 5.86. The van der Waals surface area contributed by atoms with Gasteiger partial charge in [-0.3, -0.25) is 9.59 Å². The van der Waals surface area contributed by atoms with Crippen LogP contribution in [0.4, 0.5) is 0 Å². The van der Waals surface area contributed by atoms with Gasteiger partial charge >= 0.3 is 0 Å². The second-order valence-electron chi connectivity index (χ2n) is 7.82. The number of carbonyl (C=O) groups is 2. The highest BCUT2D eigenvalue weighted by Gasteiger charge is 2.61. The number of benzene rings is 2. The van der Waals surface area contributed by atoms with E-state index in [1.165, 1.54) is 11.1 Å². The van der Waals surface area contributed by atoms with Crippen LogP contribution in [-0.2, 0) is 21.4 Å². The van der Waals surface area contributed by atoms with Crippen molar-refractivity contribution in [3.8, 4) is 5.75 Å². The number of likely N-dealkylation sites (tertiary alicyclic amines) is 1. The van der Waals surface area contributed by atoms with Crippen LogP contribution in [0.2, 0.25) is 0 Å². The standard InChI is InChI=1S/C22H24N2O3/c1-15-2-6-17(7-3-15)22-11-18(22)13-24(14-22)21(27)12-23-20(26)10-16-4-8-19(25)9-5-16/h2-9,18,25H,10-14H2,1H3,(H,23,26). The summed E-state index contributed by atoms with van der Waals surface area (Å²) in [4.78, 5) is 26.5. The molecule has 4 rings (SSSR count). The zero-order chi connectivity index (χ0) is 19.0. The number of fused-ring (bicyclic) bond motifs is 1. The summed E-state index contributed by atoms with van der Waals surface area (Å²) >= 11 is 0. The Morgan fingerprint density at radius 1 is 1.15 bits per heavy atom. The lowest BCUT2D eigenvalue weighted by molar-refractivity contribution is -0.132. The van der Waals surface area contributed by atoms with Crippen molar-refractivity contribution in [2.45, 2.75) is 25.2 Å². The van der Waals surface area contributed by atoms with Crippen LogP contribution >= 0.6 is 0 Å². The Morgan fingerprint density at radius 3 is 2.56 bits per heavy atom. The summed E-state index contributed by atoms with van der Waals surface area (Å²) in [5.41, 5.74) is 3.50. The summed E-state index contributed by atoms with van der Waals surface area (Å²) in [5.74, 6) is 0.501. The molecule has 1 aliphatic heterocycles. The van der Waals surface area contributed by atoms with Gasteiger partial charge in [0.25, 0.3) is 0 Å². The lowest BCUT2D eigenvalue weighted by Gasteiger charge is -2.21. The maximum absolute atomic E-state index is 12.5. The van der Waals surface area contributed by atoms with Crippen LogP contribution in [-0.4, -0.2) is 41.5 Å². The predicted octanol–water partition coefficient (Wildman–Crippen LogP) is 2.16. The number of piperidine rings is 1.